The van der Waals surface area contributed by atoms with Crippen molar-refractivity contribution in [3.63, 3.8) is 0 Å². The number of ether oxygens (including phenoxy) is 1. The molecule has 0 saturated carbocycles. The van der Waals surface area contributed by atoms with Crippen molar-refractivity contribution >= 4 is 51.5 Å². The summed E-state index contributed by atoms with van der Waals surface area (Å²) in [6.45, 7) is 4.10. The summed E-state index contributed by atoms with van der Waals surface area (Å²) >= 11 is 7.77. The van der Waals surface area contributed by atoms with Crippen molar-refractivity contribution in [1.82, 2.24) is 0 Å². The van der Waals surface area contributed by atoms with Crippen molar-refractivity contribution in [3.8, 4) is 0 Å². The second kappa shape index (κ2) is 10.2. The molecule has 0 amide bonds. The van der Waals surface area contributed by atoms with Crippen molar-refractivity contribution < 1.29 is 9.53 Å². The molecule has 0 aromatic heterocycles. The van der Waals surface area contributed by atoms with E-state index in [1.54, 1.807) is 6.92 Å². The van der Waals surface area contributed by atoms with E-state index in [4.69, 9.17) is 26.5 Å². The van der Waals surface area contributed by atoms with Crippen LogP contribution in [-0.2, 0) is 14.5 Å². The van der Waals surface area contributed by atoms with Gasteiger partial charge in [-0.25, -0.2) is 14.8 Å². The predicted octanol–water partition coefficient (Wildman–Crippen LogP) is 7.16. The number of aryl methyl sites for hydroxylation is 1. The first-order chi connectivity index (χ1) is 19.0. The summed E-state index contributed by atoms with van der Waals surface area (Å²) in [5.74, 6) is -0.481. The molecule has 6 rings (SSSR count). The molecule has 1 unspecified atom stereocenters. The van der Waals surface area contributed by atoms with E-state index in [0.29, 0.717) is 5.02 Å². The minimum atomic E-state index is -1.07. The first-order valence-electron chi connectivity index (χ1n) is 12.6. The Bertz CT molecular complexity index is 1610. The number of carbonyl (C=O) groups is 1. The molecule has 2 heterocycles. The number of para-hydroxylation sites is 1. The maximum absolute atomic E-state index is 13.1. The molecule has 0 N–H and O–H groups in total. The lowest BCUT2D eigenvalue weighted by molar-refractivity contribution is -0.134. The lowest BCUT2D eigenvalue weighted by atomic mass is 9.93. The largest absolute Gasteiger partial charge is 0.461 e. The van der Waals surface area contributed by atoms with Gasteiger partial charge in [-0.15, -0.1) is 0 Å². The Morgan fingerprint density at radius 1 is 0.872 bits per heavy atom. The number of carbonyl (C=O) groups excluding carboxylic acids is 1. The first kappa shape index (κ1) is 25.2. The topological polar surface area (TPSA) is 57.5 Å². The van der Waals surface area contributed by atoms with E-state index < -0.39 is 11.0 Å². The maximum atomic E-state index is 13.1. The van der Waals surface area contributed by atoms with Crippen LogP contribution in [0.4, 0.5) is 11.4 Å². The fourth-order valence-electron chi connectivity index (χ4n) is 4.81. The monoisotopic (exact) mass is 552 g/mol. The average Bonchev–Trinajstić information content (AvgIpc) is 3.36. The summed E-state index contributed by atoms with van der Waals surface area (Å²) in [5, 5.41) is 14.7. The Labute approximate surface area is 236 Å². The second-order valence-electron chi connectivity index (χ2n) is 9.14. The highest BCUT2D eigenvalue weighted by atomic mass is 35.5. The van der Waals surface area contributed by atoms with Crippen LogP contribution in [0.25, 0.3) is 0 Å². The van der Waals surface area contributed by atoms with Gasteiger partial charge in [-0.3, -0.25) is 0 Å². The Morgan fingerprint density at radius 2 is 1.56 bits per heavy atom. The SMILES string of the molecule is CCOC(=O)C1=NN(c2cccc(Cl)c2)C2(S1)c1ccccc1C(c1ccc(C)cc1)=NN2c1ccccc1. The highest BCUT2D eigenvalue weighted by Crippen LogP contribution is 2.55. The standard InChI is InChI=1S/C31H25ClN4O2S/c1-3-38-30(37)29-34-36(25-13-9-10-23(32)20-25)31(39-29)27-15-8-7-14-26(27)28(22-18-16-21(2)17-19-22)33-35(31)24-11-5-4-6-12-24/h4-20H,3H2,1-2H3. The van der Waals surface area contributed by atoms with Crippen LogP contribution in [0.1, 0.15) is 29.2 Å². The summed E-state index contributed by atoms with van der Waals surface area (Å²) in [5.41, 5.74) is 6.45. The van der Waals surface area contributed by atoms with Gasteiger partial charge in [0.25, 0.3) is 0 Å². The summed E-state index contributed by atoms with van der Waals surface area (Å²) in [4.78, 5) is 12.0. The van der Waals surface area contributed by atoms with Crippen LogP contribution in [0.2, 0.25) is 5.02 Å². The smallest absolute Gasteiger partial charge is 0.365 e. The number of esters is 1. The zero-order valence-electron chi connectivity index (χ0n) is 21.4. The summed E-state index contributed by atoms with van der Waals surface area (Å²) in [6.07, 6.45) is 0. The van der Waals surface area contributed by atoms with Gasteiger partial charge in [0, 0.05) is 21.7 Å². The van der Waals surface area contributed by atoms with E-state index in [9.17, 15) is 4.79 Å². The quantitative estimate of drug-likeness (QED) is 0.246. The minimum Gasteiger partial charge on any atom is -0.461 e. The molecule has 39 heavy (non-hydrogen) atoms. The maximum Gasteiger partial charge on any atom is 0.365 e. The van der Waals surface area contributed by atoms with Gasteiger partial charge in [-0.05, 0) is 55.9 Å². The molecule has 1 atom stereocenters. The van der Waals surface area contributed by atoms with E-state index >= 15 is 0 Å². The Morgan fingerprint density at radius 3 is 2.31 bits per heavy atom. The molecule has 0 bridgehead atoms. The molecule has 194 valence electrons. The number of nitrogens with zero attached hydrogens (tertiary/aromatic N) is 4. The first-order valence-corrected chi connectivity index (χ1v) is 13.8. The van der Waals surface area contributed by atoms with Gasteiger partial charge < -0.3 is 4.74 Å². The third-order valence-electron chi connectivity index (χ3n) is 6.57. The van der Waals surface area contributed by atoms with Crippen molar-refractivity contribution in [3.05, 3.63) is 130 Å². The summed E-state index contributed by atoms with van der Waals surface area (Å²) in [6, 6.07) is 33.9. The fraction of sp³-hybridized carbons (Fsp3) is 0.129. The molecule has 0 fully saturated rings. The predicted molar refractivity (Wildman–Crippen MR) is 159 cm³/mol. The number of anilines is 2. The molecule has 6 nitrogen and oxygen atoms in total. The van der Waals surface area contributed by atoms with Crippen molar-refractivity contribution in [2.75, 3.05) is 16.6 Å². The van der Waals surface area contributed by atoms with E-state index in [1.165, 1.54) is 17.3 Å². The number of rotatable bonds is 5. The Kier molecular flexibility index (Phi) is 6.62. The number of fused-ring (bicyclic) bond motifs is 2. The minimum absolute atomic E-state index is 0.238. The van der Waals surface area contributed by atoms with Crippen LogP contribution in [0, 0.1) is 6.92 Å². The molecule has 2 aliphatic rings. The van der Waals surface area contributed by atoms with Crippen LogP contribution in [0.3, 0.4) is 0 Å². The molecule has 0 saturated heterocycles. The molecular formula is C31H25ClN4O2S. The third-order valence-corrected chi connectivity index (χ3v) is 8.09. The average molecular weight is 553 g/mol. The van der Waals surface area contributed by atoms with Crippen LogP contribution in [0.5, 0.6) is 0 Å². The normalized spacial score (nSPS) is 18.0. The molecule has 1 spiro atoms. The molecule has 0 aliphatic carbocycles. The van der Waals surface area contributed by atoms with E-state index in [0.717, 1.165) is 33.8 Å². The third kappa shape index (κ3) is 4.37. The molecule has 4 aromatic rings. The Hall–Kier alpha value is -4.07. The number of hydrazone groups is 2. The zero-order valence-corrected chi connectivity index (χ0v) is 23.0. The van der Waals surface area contributed by atoms with Gasteiger partial charge in [0.2, 0.25) is 10.0 Å². The van der Waals surface area contributed by atoms with Crippen molar-refractivity contribution in [1.29, 1.82) is 0 Å². The number of thioether (sulfide) groups is 1. The highest BCUT2D eigenvalue weighted by Gasteiger charge is 2.56. The van der Waals surface area contributed by atoms with Crippen LogP contribution < -0.4 is 10.0 Å². The van der Waals surface area contributed by atoms with Crippen molar-refractivity contribution in [2.45, 2.75) is 18.8 Å². The summed E-state index contributed by atoms with van der Waals surface area (Å²) in [7, 11) is 0. The lowest BCUT2D eigenvalue weighted by Gasteiger charge is -2.47. The summed E-state index contributed by atoms with van der Waals surface area (Å²) < 4.78 is 5.40. The zero-order chi connectivity index (χ0) is 27.0. The molecule has 0 radical (unpaired) electrons. The van der Waals surface area contributed by atoms with Gasteiger partial charge in [-0.1, -0.05) is 90.0 Å². The van der Waals surface area contributed by atoms with E-state index in [1.807, 2.05) is 76.7 Å². The molecule has 2 aliphatic heterocycles. The lowest BCUT2D eigenvalue weighted by Crippen LogP contribution is -2.54. The van der Waals surface area contributed by atoms with Gasteiger partial charge in [0.15, 0.2) is 0 Å². The van der Waals surface area contributed by atoms with Crippen LogP contribution in [0.15, 0.2) is 113 Å². The molecule has 4 aromatic carbocycles. The highest BCUT2D eigenvalue weighted by molar-refractivity contribution is 8.16. The number of halogens is 1. The number of benzene rings is 4. The fourth-order valence-corrected chi connectivity index (χ4v) is 6.28. The Balaban J connectivity index is 1.64. The van der Waals surface area contributed by atoms with Crippen LogP contribution in [-0.4, -0.2) is 23.3 Å². The molecule has 8 heteroatoms. The van der Waals surface area contributed by atoms with Gasteiger partial charge in [-0.2, -0.15) is 10.2 Å². The second-order valence-corrected chi connectivity index (χ2v) is 10.7. The van der Waals surface area contributed by atoms with Gasteiger partial charge in [0.1, 0.15) is 0 Å². The van der Waals surface area contributed by atoms with Crippen molar-refractivity contribution in [2.24, 2.45) is 10.2 Å². The van der Waals surface area contributed by atoms with E-state index in [2.05, 4.69) is 43.3 Å². The van der Waals surface area contributed by atoms with Gasteiger partial charge >= 0.3 is 5.97 Å². The van der Waals surface area contributed by atoms with E-state index in [-0.39, 0.29) is 11.7 Å². The number of hydrogen-bond acceptors (Lipinski definition) is 7. The molecular weight excluding hydrogens is 528 g/mol. The number of hydrogen-bond donors (Lipinski definition) is 0. The van der Waals surface area contributed by atoms with Gasteiger partial charge in [0.05, 0.1) is 23.7 Å². The van der Waals surface area contributed by atoms with Crippen LogP contribution >= 0.6 is 23.4 Å².